The van der Waals surface area contributed by atoms with Gasteiger partial charge in [-0.3, -0.25) is 19.2 Å². The van der Waals surface area contributed by atoms with Crippen LogP contribution in [0.2, 0.25) is 0 Å². The number of carbonyl (C=O) groups excluding carboxylic acids is 4. The number of nitrogens with zero attached hydrogens (tertiary/aromatic N) is 4. The van der Waals surface area contributed by atoms with Crippen LogP contribution < -0.4 is 0 Å². The molecule has 6 heterocycles. The van der Waals surface area contributed by atoms with Crippen molar-refractivity contribution in [1.82, 2.24) is 29.7 Å². The van der Waals surface area contributed by atoms with E-state index in [1.165, 1.54) is 0 Å². The van der Waals surface area contributed by atoms with E-state index in [0.29, 0.717) is 13.1 Å². The minimum atomic E-state index is -0.271. The van der Waals surface area contributed by atoms with Crippen LogP contribution in [0.5, 0.6) is 0 Å². The highest BCUT2D eigenvalue weighted by Gasteiger charge is 2.66. The molecule has 2 aromatic heterocycles. The van der Waals surface area contributed by atoms with Gasteiger partial charge in [0.05, 0.1) is 57.8 Å². The van der Waals surface area contributed by atoms with Gasteiger partial charge in [0.25, 0.3) is 0 Å². The van der Waals surface area contributed by atoms with Gasteiger partial charge in [0, 0.05) is 24.9 Å². The summed E-state index contributed by atoms with van der Waals surface area (Å²) < 4.78 is 11.3. The molecule has 13 rings (SSSR count). The first-order chi connectivity index (χ1) is 28.3. The van der Waals surface area contributed by atoms with E-state index in [1.54, 1.807) is 0 Å². The van der Waals surface area contributed by atoms with Crippen LogP contribution in [0.25, 0.3) is 44.3 Å². The average Bonchev–Trinajstić information content (AvgIpc) is 4.08. The molecular weight excluding hydrogens is 733 g/mol. The van der Waals surface area contributed by atoms with Gasteiger partial charge in [0.1, 0.15) is 23.9 Å². The largest absolute Gasteiger partial charge is 0.462 e. The zero-order chi connectivity index (χ0) is 38.6. The molecule has 2 amide bonds. The molecular formula is C46H44N6O6. The molecule has 8 fully saturated rings. The highest BCUT2D eigenvalue weighted by Crippen LogP contribution is 2.60. The lowest BCUT2D eigenvalue weighted by molar-refractivity contribution is -0.148. The number of carbonyl (C=O) groups is 4. The molecule has 3 aromatic carbocycles. The van der Waals surface area contributed by atoms with Crippen LogP contribution >= 0.6 is 0 Å². The molecule has 0 radical (unpaired) electrons. The molecule has 8 aliphatic rings. The Morgan fingerprint density at radius 3 is 1.47 bits per heavy atom. The Labute approximate surface area is 334 Å². The normalized spacial score (nSPS) is 35.3. The van der Waals surface area contributed by atoms with E-state index < -0.39 is 0 Å². The number of nitrogens with one attached hydrogen (secondary N) is 2. The second-order valence-corrected chi connectivity index (χ2v) is 18.5. The van der Waals surface area contributed by atoms with Gasteiger partial charge in [0.2, 0.25) is 11.8 Å². The van der Waals surface area contributed by atoms with Gasteiger partial charge < -0.3 is 29.2 Å². The van der Waals surface area contributed by atoms with E-state index in [4.69, 9.17) is 19.4 Å². The molecule has 2 N–H and O–H groups in total. The number of amides is 2. The van der Waals surface area contributed by atoms with E-state index in [-0.39, 0.29) is 95.4 Å². The number of esters is 2. The molecule has 5 aromatic rings. The Bertz CT molecular complexity index is 2420. The van der Waals surface area contributed by atoms with Crippen molar-refractivity contribution < 1.29 is 28.7 Å². The highest BCUT2D eigenvalue weighted by molar-refractivity contribution is 5.90. The number of fused-ring (bicyclic) bond motifs is 4. The van der Waals surface area contributed by atoms with E-state index in [0.717, 1.165) is 107 Å². The first-order valence-electron chi connectivity index (χ1n) is 21.5. The number of likely N-dealkylation sites (tertiary alicyclic amines) is 2. The van der Waals surface area contributed by atoms with Crippen molar-refractivity contribution in [1.29, 1.82) is 0 Å². The molecule has 4 saturated carbocycles. The molecule has 4 aliphatic carbocycles. The molecule has 0 spiro atoms. The monoisotopic (exact) mass is 776 g/mol. The molecule has 4 bridgehead atoms. The number of imidazole rings is 2. The molecule has 4 saturated heterocycles. The number of benzene rings is 3. The molecule has 12 atom stereocenters. The average molecular weight is 777 g/mol. The van der Waals surface area contributed by atoms with Crippen LogP contribution in [-0.4, -0.2) is 78.8 Å². The van der Waals surface area contributed by atoms with Crippen molar-refractivity contribution in [2.24, 2.45) is 47.3 Å². The predicted octanol–water partition coefficient (Wildman–Crippen LogP) is 6.50. The maximum absolute atomic E-state index is 14.0. The Balaban J connectivity index is 0.719. The predicted molar refractivity (Wildman–Crippen MR) is 210 cm³/mol. The summed E-state index contributed by atoms with van der Waals surface area (Å²) in [5.41, 5.74) is 7.90. The molecule has 294 valence electrons. The van der Waals surface area contributed by atoms with Crippen LogP contribution in [0.15, 0.2) is 60.7 Å². The smallest absolute Gasteiger partial charge is 0.310 e. The van der Waals surface area contributed by atoms with E-state index in [9.17, 15) is 19.2 Å². The summed E-state index contributed by atoms with van der Waals surface area (Å²) in [4.78, 5) is 74.5. The summed E-state index contributed by atoms with van der Waals surface area (Å²) in [5.74, 6) is 1.35. The molecule has 4 aliphatic heterocycles. The summed E-state index contributed by atoms with van der Waals surface area (Å²) >= 11 is 0. The Morgan fingerprint density at radius 1 is 0.586 bits per heavy atom. The third-order valence-electron chi connectivity index (χ3n) is 15.8. The number of H-pyrrole nitrogens is 2. The van der Waals surface area contributed by atoms with Gasteiger partial charge in [-0.15, -0.1) is 0 Å². The topological polar surface area (TPSA) is 151 Å². The standard InChI is InChI=1S/C46H44N6O6/c53-43(37-25-15-27-35(19-25)57-45(55)39(27)37)51-13-1-3-33(51)41-47-29-11-9-23(17-31(29)49-41)21-5-7-22(8-6-21)24-10-12-30-32(18-24)50-42(48-30)34-4-2-14-52(34)44(54)38-26-16-28-36(20-26)58-46(56)40(28)38/h5-12,17-18,25-28,33-40H,1-4,13-16,19-20H2,(H,47,49)(H,48,50)/t25-,26-,27-,28-,33-,34-,35+,36+,37-,38-,39+,40+/m0/s1. The molecule has 0 unspecified atom stereocenters. The van der Waals surface area contributed by atoms with Gasteiger partial charge in [-0.2, -0.15) is 0 Å². The van der Waals surface area contributed by atoms with Crippen LogP contribution in [0, 0.1) is 47.3 Å². The number of ether oxygens (including phenoxy) is 2. The minimum absolute atomic E-state index is 0.0224. The third-order valence-corrected chi connectivity index (χ3v) is 15.8. The van der Waals surface area contributed by atoms with E-state index in [1.807, 2.05) is 9.80 Å². The Morgan fingerprint density at radius 2 is 1.02 bits per heavy atom. The lowest BCUT2D eigenvalue weighted by atomic mass is 9.79. The Hall–Kier alpha value is -5.52. The van der Waals surface area contributed by atoms with Crippen molar-refractivity contribution in [3.05, 3.63) is 72.3 Å². The number of rotatable bonds is 6. The quantitative estimate of drug-likeness (QED) is 0.186. The van der Waals surface area contributed by atoms with Crippen LogP contribution in [0.4, 0.5) is 0 Å². The lowest BCUT2D eigenvalue weighted by Crippen LogP contribution is -2.42. The van der Waals surface area contributed by atoms with Crippen LogP contribution in [-0.2, 0) is 28.7 Å². The summed E-state index contributed by atoms with van der Waals surface area (Å²) in [6.07, 6.45) is 7.09. The van der Waals surface area contributed by atoms with Crippen molar-refractivity contribution in [2.75, 3.05) is 13.1 Å². The summed E-state index contributed by atoms with van der Waals surface area (Å²) in [6, 6.07) is 20.9. The zero-order valence-electron chi connectivity index (χ0n) is 32.0. The van der Waals surface area contributed by atoms with Gasteiger partial charge in [-0.1, -0.05) is 36.4 Å². The fourth-order valence-electron chi connectivity index (χ4n) is 13.3. The second-order valence-electron chi connectivity index (χ2n) is 18.5. The fourth-order valence-corrected chi connectivity index (χ4v) is 13.3. The van der Waals surface area contributed by atoms with Crippen LogP contribution in [0.3, 0.4) is 0 Å². The van der Waals surface area contributed by atoms with Gasteiger partial charge in [-0.25, -0.2) is 9.97 Å². The summed E-state index contributed by atoms with van der Waals surface area (Å²) in [6.45, 7) is 1.38. The third kappa shape index (κ3) is 4.68. The van der Waals surface area contributed by atoms with Gasteiger partial charge >= 0.3 is 11.9 Å². The summed E-state index contributed by atoms with van der Waals surface area (Å²) in [5, 5.41) is 0. The maximum atomic E-state index is 14.0. The highest BCUT2D eigenvalue weighted by atomic mass is 16.6. The van der Waals surface area contributed by atoms with Crippen LogP contribution in [0.1, 0.15) is 75.1 Å². The van der Waals surface area contributed by atoms with Gasteiger partial charge in [-0.05, 0) is 110 Å². The number of hydrogen-bond donors (Lipinski definition) is 2. The summed E-state index contributed by atoms with van der Waals surface area (Å²) in [7, 11) is 0. The maximum Gasteiger partial charge on any atom is 0.310 e. The van der Waals surface area contributed by atoms with E-state index in [2.05, 4.69) is 70.6 Å². The Kier molecular flexibility index (Phi) is 6.93. The number of hydrogen-bond acceptors (Lipinski definition) is 8. The minimum Gasteiger partial charge on any atom is -0.462 e. The first kappa shape index (κ1) is 33.5. The van der Waals surface area contributed by atoms with Crippen molar-refractivity contribution in [3.63, 3.8) is 0 Å². The molecule has 58 heavy (non-hydrogen) atoms. The first-order valence-corrected chi connectivity index (χ1v) is 21.5. The molecule has 12 heteroatoms. The zero-order valence-corrected chi connectivity index (χ0v) is 32.0. The van der Waals surface area contributed by atoms with E-state index >= 15 is 0 Å². The lowest BCUT2D eigenvalue weighted by Gasteiger charge is -2.31. The number of aromatic amines is 2. The number of aromatic nitrogens is 4. The molecule has 12 nitrogen and oxygen atoms in total. The van der Waals surface area contributed by atoms with Gasteiger partial charge in [0.15, 0.2) is 0 Å². The van der Waals surface area contributed by atoms with Crippen molar-refractivity contribution >= 4 is 45.8 Å². The fraction of sp³-hybridized carbons (Fsp3) is 0.478. The SMILES string of the molecule is O=C1O[C@@H]2C[C@@H]3C[C@@H]2[C@@H]1[C@H]3C(=O)N1CCC[C@H]1c1nc2cc(-c3ccc(-c4ccc5[nH]c([C@@H]6CCCN6C(=O)[C@H]6[C@H]7C[C@@H]8[C@H]6C(=O)O[C@@H]8C7)nc5c4)cc3)ccc2[nH]1. The van der Waals surface area contributed by atoms with Crippen molar-refractivity contribution in [3.8, 4) is 22.3 Å². The van der Waals surface area contributed by atoms with Crippen molar-refractivity contribution in [2.45, 2.75) is 75.7 Å². The second kappa shape index (κ2) is 12.0.